The molecule has 1 N–H and O–H groups in total. The van der Waals surface area contributed by atoms with E-state index < -0.39 is 5.97 Å². The van der Waals surface area contributed by atoms with Crippen LogP contribution in [0.15, 0.2) is 36.7 Å². The highest BCUT2D eigenvalue weighted by atomic mass is 16.7. The lowest BCUT2D eigenvalue weighted by atomic mass is 10.3. The molecule has 1 aromatic carbocycles. The molecule has 0 atom stereocenters. The minimum atomic E-state index is -1.05. The Morgan fingerprint density at radius 1 is 1.16 bits per heavy atom. The van der Waals surface area contributed by atoms with E-state index in [1.165, 1.54) is 18.5 Å². The number of aromatic carboxylic acids is 1. The van der Waals surface area contributed by atoms with Crippen LogP contribution in [0.2, 0.25) is 0 Å². The van der Waals surface area contributed by atoms with E-state index in [1.54, 1.807) is 18.2 Å². The molecule has 0 fully saturated rings. The minimum absolute atomic E-state index is 0.0678. The Kier molecular flexibility index (Phi) is 2.68. The van der Waals surface area contributed by atoms with Gasteiger partial charge in [-0.25, -0.2) is 4.79 Å². The van der Waals surface area contributed by atoms with E-state index in [9.17, 15) is 4.79 Å². The summed E-state index contributed by atoms with van der Waals surface area (Å²) >= 11 is 0. The second-order valence-electron chi connectivity index (χ2n) is 3.83. The Bertz CT molecular complexity index is 641. The van der Waals surface area contributed by atoms with Crippen molar-refractivity contribution in [2.24, 2.45) is 0 Å². The lowest BCUT2D eigenvalue weighted by molar-refractivity contribution is 0.0696. The summed E-state index contributed by atoms with van der Waals surface area (Å²) < 4.78 is 15.9. The summed E-state index contributed by atoms with van der Waals surface area (Å²) in [6, 6.07) is 6.52. The molecule has 0 saturated heterocycles. The number of hydrogen-bond acceptors (Lipinski definition) is 5. The zero-order chi connectivity index (χ0) is 13.2. The van der Waals surface area contributed by atoms with E-state index >= 15 is 0 Å². The Balaban J connectivity index is 1.85. The molecule has 0 radical (unpaired) electrons. The average Bonchev–Trinajstić information content (AvgIpc) is 2.86. The number of carboxylic acid groups (broad SMARTS) is 1. The van der Waals surface area contributed by atoms with Crippen molar-refractivity contribution in [2.75, 3.05) is 6.79 Å². The van der Waals surface area contributed by atoms with Crippen molar-refractivity contribution in [2.45, 2.75) is 0 Å². The summed E-state index contributed by atoms with van der Waals surface area (Å²) in [4.78, 5) is 14.6. The molecule has 96 valence electrons. The molecule has 0 spiro atoms. The highest BCUT2D eigenvalue weighted by Gasteiger charge is 2.14. The van der Waals surface area contributed by atoms with E-state index in [4.69, 9.17) is 19.3 Å². The fraction of sp³-hybridized carbons (Fsp3) is 0.0769. The Morgan fingerprint density at radius 2 is 2.00 bits per heavy atom. The van der Waals surface area contributed by atoms with Crippen molar-refractivity contribution >= 4 is 5.97 Å². The topological polar surface area (TPSA) is 77.9 Å². The molecule has 0 bridgehead atoms. The third-order valence-electron chi connectivity index (χ3n) is 2.54. The summed E-state index contributed by atoms with van der Waals surface area (Å²) in [5.41, 5.74) is 0.0678. The van der Waals surface area contributed by atoms with Gasteiger partial charge in [0.25, 0.3) is 0 Å². The van der Waals surface area contributed by atoms with Gasteiger partial charge in [-0.15, -0.1) is 0 Å². The predicted molar refractivity (Wildman–Crippen MR) is 63.8 cm³/mol. The molecule has 0 amide bonds. The zero-order valence-electron chi connectivity index (χ0n) is 9.70. The molecular formula is C13H9NO5. The van der Waals surface area contributed by atoms with Crippen LogP contribution < -0.4 is 14.2 Å². The first-order valence-corrected chi connectivity index (χ1v) is 5.48. The Labute approximate surface area is 108 Å². The molecule has 0 unspecified atom stereocenters. The van der Waals surface area contributed by atoms with Gasteiger partial charge in [-0.2, -0.15) is 0 Å². The van der Waals surface area contributed by atoms with Gasteiger partial charge in [0.15, 0.2) is 11.5 Å². The highest BCUT2D eigenvalue weighted by Crippen LogP contribution is 2.36. The molecule has 19 heavy (non-hydrogen) atoms. The molecule has 3 rings (SSSR count). The first-order chi connectivity index (χ1) is 9.22. The van der Waals surface area contributed by atoms with Crippen molar-refractivity contribution < 1.29 is 24.1 Å². The SMILES string of the molecule is O=C(O)c1cncc(Oc2ccc3c(c2)OCO3)c1. The minimum Gasteiger partial charge on any atom is -0.478 e. The van der Waals surface area contributed by atoms with Gasteiger partial charge in [0.05, 0.1) is 11.8 Å². The molecule has 0 saturated carbocycles. The van der Waals surface area contributed by atoms with Gasteiger partial charge in [-0.1, -0.05) is 0 Å². The summed E-state index contributed by atoms with van der Waals surface area (Å²) in [5, 5.41) is 8.87. The second kappa shape index (κ2) is 4.49. The molecule has 2 aromatic rings. The number of hydrogen-bond donors (Lipinski definition) is 1. The maximum absolute atomic E-state index is 10.8. The molecule has 2 heterocycles. The fourth-order valence-electron chi connectivity index (χ4n) is 1.67. The van der Waals surface area contributed by atoms with Crippen molar-refractivity contribution in [1.29, 1.82) is 0 Å². The van der Waals surface area contributed by atoms with Crippen molar-refractivity contribution in [3.63, 3.8) is 0 Å². The number of rotatable bonds is 3. The molecule has 6 nitrogen and oxygen atoms in total. The lowest BCUT2D eigenvalue weighted by Crippen LogP contribution is -1.97. The monoisotopic (exact) mass is 259 g/mol. The van der Waals surface area contributed by atoms with Crippen LogP contribution in [0.5, 0.6) is 23.0 Å². The molecule has 1 aliphatic heterocycles. The van der Waals surface area contributed by atoms with Crippen molar-refractivity contribution in [1.82, 2.24) is 4.98 Å². The van der Waals surface area contributed by atoms with Gasteiger partial charge in [0.1, 0.15) is 11.5 Å². The van der Waals surface area contributed by atoms with Gasteiger partial charge in [-0.3, -0.25) is 4.98 Å². The van der Waals surface area contributed by atoms with E-state index in [0.29, 0.717) is 23.0 Å². The summed E-state index contributed by atoms with van der Waals surface area (Å²) in [5.74, 6) is 1.07. The Hall–Kier alpha value is -2.76. The van der Waals surface area contributed by atoms with Crippen LogP contribution in [0.4, 0.5) is 0 Å². The summed E-state index contributed by atoms with van der Waals surface area (Å²) in [6.45, 7) is 0.189. The second-order valence-corrected chi connectivity index (χ2v) is 3.83. The number of carbonyl (C=O) groups is 1. The predicted octanol–water partition coefficient (Wildman–Crippen LogP) is 2.30. The third kappa shape index (κ3) is 2.28. The zero-order valence-corrected chi connectivity index (χ0v) is 9.70. The van der Waals surface area contributed by atoms with Crippen LogP contribution >= 0.6 is 0 Å². The highest BCUT2D eigenvalue weighted by molar-refractivity contribution is 5.87. The molecule has 6 heteroatoms. The van der Waals surface area contributed by atoms with Crippen LogP contribution in [-0.4, -0.2) is 22.9 Å². The van der Waals surface area contributed by atoms with Crippen molar-refractivity contribution in [3.05, 3.63) is 42.2 Å². The molecule has 1 aliphatic rings. The normalized spacial score (nSPS) is 12.2. The van der Waals surface area contributed by atoms with E-state index in [1.807, 2.05) is 0 Å². The Morgan fingerprint density at radius 3 is 2.84 bits per heavy atom. The summed E-state index contributed by atoms with van der Waals surface area (Å²) in [7, 11) is 0. The number of benzene rings is 1. The van der Waals surface area contributed by atoms with Crippen LogP contribution in [0.3, 0.4) is 0 Å². The molecular weight excluding hydrogens is 250 g/mol. The van der Waals surface area contributed by atoms with Gasteiger partial charge in [0.2, 0.25) is 6.79 Å². The first-order valence-electron chi connectivity index (χ1n) is 5.48. The number of aromatic nitrogens is 1. The van der Waals surface area contributed by atoms with Gasteiger partial charge in [0, 0.05) is 12.3 Å². The largest absolute Gasteiger partial charge is 0.478 e. The van der Waals surface area contributed by atoms with E-state index in [-0.39, 0.29) is 12.4 Å². The van der Waals surface area contributed by atoms with Crippen LogP contribution in [0.1, 0.15) is 10.4 Å². The first kappa shape index (κ1) is 11.3. The van der Waals surface area contributed by atoms with Gasteiger partial charge in [-0.05, 0) is 18.2 Å². The van der Waals surface area contributed by atoms with Gasteiger partial charge < -0.3 is 19.3 Å². The van der Waals surface area contributed by atoms with Gasteiger partial charge >= 0.3 is 5.97 Å². The van der Waals surface area contributed by atoms with Crippen molar-refractivity contribution in [3.8, 4) is 23.0 Å². The van der Waals surface area contributed by atoms with Crippen LogP contribution in [0.25, 0.3) is 0 Å². The number of carboxylic acids is 1. The fourth-order valence-corrected chi connectivity index (χ4v) is 1.67. The maximum atomic E-state index is 10.8. The maximum Gasteiger partial charge on any atom is 0.337 e. The summed E-state index contributed by atoms with van der Waals surface area (Å²) in [6.07, 6.45) is 2.70. The van der Waals surface area contributed by atoms with E-state index in [2.05, 4.69) is 4.98 Å². The average molecular weight is 259 g/mol. The smallest absolute Gasteiger partial charge is 0.337 e. The van der Waals surface area contributed by atoms with Crippen LogP contribution in [0, 0.1) is 0 Å². The third-order valence-corrected chi connectivity index (χ3v) is 2.54. The quantitative estimate of drug-likeness (QED) is 0.911. The van der Waals surface area contributed by atoms with E-state index in [0.717, 1.165) is 0 Å². The lowest BCUT2D eigenvalue weighted by Gasteiger charge is -2.06. The number of pyridine rings is 1. The molecule has 1 aromatic heterocycles. The standard InChI is InChI=1S/C13H9NO5/c15-13(16)8-3-10(6-14-5-8)19-9-1-2-11-12(4-9)18-7-17-11/h1-6H,7H2,(H,15,16). The molecule has 0 aliphatic carbocycles. The number of ether oxygens (including phenoxy) is 3. The number of fused-ring (bicyclic) bond motifs is 1. The number of nitrogens with zero attached hydrogens (tertiary/aromatic N) is 1. The van der Waals surface area contributed by atoms with Crippen LogP contribution in [-0.2, 0) is 0 Å².